The lowest BCUT2D eigenvalue weighted by Gasteiger charge is -2.14. The highest BCUT2D eigenvalue weighted by Crippen LogP contribution is 2.21. The van der Waals surface area contributed by atoms with E-state index in [1.54, 1.807) is 32.8 Å². The molecule has 2 aromatic heterocycles. The third-order valence-electron chi connectivity index (χ3n) is 3.16. The minimum atomic E-state index is 0.547. The van der Waals surface area contributed by atoms with Crippen molar-refractivity contribution in [1.82, 2.24) is 24.7 Å². The third-order valence-corrected chi connectivity index (χ3v) is 5.35. The van der Waals surface area contributed by atoms with Gasteiger partial charge < -0.3 is 0 Å². The Morgan fingerprint density at radius 2 is 2.04 bits per heavy atom. The molecule has 0 aliphatic rings. The Morgan fingerprint density at radius 3 is 2.70 bits per heavy atom. The summed E-state index contributed by atoms with van der Waals surface area (Å²) in [5, 5.41) is 11.1. The summed E-state index contributed by atoms with van der Waals surface area (Å²) >= 11 is 16.5. The summed E-state index contributed by atoms with van der Waals surface area (Å²) in [6.07, 6.45) is 0. The van der Waals surface area contributed by atoms with Gasteiger partial charge in [0.2, 0.25) is 4.77 Å². The first kappa shape index (κ1) is 16.8. The smallest absolute Gasteiger partial charge is 0.221 e. The van der Waals surface area contributed by atoms with Gasteiger partial charge in [-0.15, -0.1) is 11.3 Å². The standard InChI is InChI=1S/C14H13BrClN5S2/c1-19(7-10-6-13(15)23-8-10)9-20-14(22)21(18-17-20)12-4-2-11(16)3-5-12/h2-6,8H,7,9H2,1H3. The van der Waals surface area contributed by atoms with Gasteiger partial charge >= 0.3 is 0 Å². The lowest BCUT2D eigenvalue weighted by Crippen LogP contribution is -2.22. The molecule has 120 valence electrons. The van der Waals surface area contributed by atoms with Crippen molar-refractivity contribution in [3.8, 4) is 5.69 Å². The maximum Gasteiger partial charge on any atom is 0.221 e. The Morgan fingerprint density at radius 1 is 1.30 bits per heavy atom. The van der Waals surface area contributed by atoms with Gasteiger partial charge in [0.15, 0.2) is 0 Å². The molecule has 2 heterocycles. The number of benzene rings is 1. The van der Waals surface area contributed by atoms with E-state index in [2.05, 4.69) is 42.7 Å². The van der Waals surface area contributed by atoms with Gasteiger partial charge in [-0.3, -0.25) is 4.90 Å². The van der Waals surface area contributed by atoms with Gasteiger partial charge in [-0.25, -0.2) is 4.68 Å². The van der Waals surface area contributed by atoms with Crippen LogP contribution in [0, 0.1) is 4.77 Å². The lowest BCUT2D eigenvalue weighted by molar-refractivity contribution is 0.242. The zero-order valence-electron chi connectivity index (χ0n) is 12.2. The molecule has 0 spiro atoms. The van der Waals surface area contributed by atoms with Gasteiger partial charge in [-0.1, -0.05) is 11.6 Å². The Hall–Kier alpha value is -1.06. The van der Waals surface area contributed by atoms with E-state index in [0.717, 1.165) is 16.0 Å². The molecule has 0 aliphatic heterocycles. The van der Waals surface area contributed by atoms with E-state index in [1.165, 1.54) is 5.56 Å². The van der Waals surface area contributed by atoms with E-state index >= 15 is 0 Å². The van der Waals surface area contributed by atoms with Crippen LogP contribution in [0.2, 0.25) is 5.02 Å². The highest BCUT2D eigenvalue weighted by Gasteiger charge is 2.09. The fraction of sp³-hybridized carbons (Fsp3) is 0.214. The second kappa shape index (κ2) is 7.23. The molecule has 3 aromatic rings. The second-order valence-corrected chi connectivity index (χ2v) is 8.16. The van der Waals surface area contributed by atoms with Crippen LogP contribution >= 0.6 is 51.1 Å². The minimum Gasteiger partial charge on any atom is -0.283 e. The molecule has 0 fully saturated rings. The van der Waals surface area contributed by atoms with Crippen molar-refractivity contribution in [3.05, 3.63) is 54.9 Å². The molecule has 0 atom stereocenters. The van der Waals surface area contributed by atoms with Crippen molar-refractivity contribution in [2.45, 2.75) is 13.2 Å². The van der Waals surface area contributed by atoms with Crippen molar-refractivity contribution < 1.29 is 0 Å². The van der Waals surface area contributed by atoms with Crippen LogP contribution in [-0.4, -0.2) is 31.7 Å². The minimum absolute atomic E-state index is 0.547. The number of tetrazole rings is 1. The number of hydrogen-bond acceptors (Lipinski definition) is 5. The van der Waals surface area contributed by atoms with E-state index in [1.807, 2.05) is 19.2 Å². The van der Waals surface area contributed by atoms with E-state index in [9.17, 15) is 0 Å². The van der Waals surface area contributed by atoms with Crippen LogP contribution in [0.5, 0.6) is 0 Å². The van der Waals surface area contributed by atoms with E-state index < -0.39 is 0 Å². The van der Waals surface area contributed by atoms with Crippen molar-refractivity contribution >= 4 is 51.1 Å². The van der Waals surface area contributed by atoms with Crippen LogP contribution in [0.15, 0.2) is 39.5 Å². The van der Waals surface area contributed by atoms with Crippen LogP contribution in [-0.2, 0) is 13.2 Å². The maximum atomic E-state index is 5.91. The predicted octanol–water partition coefficient (Wildman–Crippen LogP) is 4.37. The van der Waals surface area contributed by atoms with Gasteiger partial charge in [-0.05, 0) is 86.9 Å². The molecule has 0 aliphatic carbocycles. The van der Waals surface area contributed by atoms with Crippen molar-refractivity contribution in [1.29, 1.82) is 0 Å². The van der Waals surface area contributed by atoms with Gasteiger partial charge in [0.05, 0.1) is 16.1 Å². The van der Waals surface area contributed by atoms with Gasteiger partial charge in [0.25, 0.3) is 0 Å². The van der Waals surface area contributed by atoms with E-state index in [-0.39, 0.29) is 0 Å². The fourth-order valence-corrected chi connectivity index (χ4v) is 3.69. The van der Waals surface area contributed by atoms with Gasteiger partial charge in [0.1, 0.15) is 0 Å². The highest BCUT2D eigenvalue weighted by molar-refractivity contribution is 9.11. The molecule has 0 bridgehead atoms. The molecule has 0 saturated heterocycles. The molecule has 5 nitrogen and oxygen atoms in total. The Balaban J connectivity index is 1.74. The fourth-order valence-electron chi connectivity index (χ4n) is 2.13. The van der Waals surface area contributed by atoms with Crippen LogP contribution in [0.1, 0.15) is 5.56 Å². The summed E-state index contributed by atoms with van der Waals surface area (Å²) in [5.41, 5.74) is 2.09. The largest absolute Gasteiger partial charge is 0.283 e. The average molecular weight is 431 g/mol. The Labute approximate surface area is 156 Å². The van der Waals surface area contributed by atoms with Gasteiger partial charge in [0, 0.05) is 11.6 Å². The van der Waals surface area contributed by atoms with E-state index in [0.29, 0.717) is 16.5 Å². The summed E-state index contributed by atoms with van der Waals surface area (Å²) < 4.78 is 5.00. The normalized spacial score (nSPS) is 11.3. The molecule has 9 heteroatoms. The van der Waals surface area contributed by atoms with Gasteiger partial charge in [-0.2, -0.15) is 4.68 Å². The quantitative estimate of drug-likeness (QED) is 0.564. The first-order chi connectivity index (χ1) is 11.0. The second-order valence-electron chi connectivity index (χ2n) is 5.06. The van der Waals surface area contributed by atoms with Crippen LogP contribution in [0.25, 0.3) is 5.69 Å². The molecule has 0 N–H and O–H groups in total. The maximum absolute atomic E-state index is 5.91. The van der Waals surface area contributed by atoms with Crippen molar-refractivity contribution in [3.63, 3.8) is 0 Å². The summed E-state index contributed by atoms with van der Waals surface area (Å²) in [4.78, 5) is 2.13. The predicted molar refractivity (Wildman–Crippen MR) is 98.7 cm³/mol. The van der Waals surface area contributed by atoms with Crippen LogP contribution < -0.4 is 0 Å². The first-order valence-corrected chi connectivity index (χ1v) is 9.19. The topological polar surface area (TPSA) is 38.9 Å². The number of nitrogens with zero attached hydrogens (tertiary/aromatic N) is 5. The number of thiophene rings is 1. The highest BCUT2D eigenvalue weighted by atomic mass is 79.9. The zero-order chi connectivity index (χ0) is 16.4. The molecule has 3 rings (SSSR count). The lowest BCUT2D eigenvalue weighted by atomic mass is 10.3. The Bertz CT molecular complexity index is 855. The first-order valence-electron chi connectivity index (χ1n) is 6.73. The summed E-state index contributed by atoms with van der Waals surface area (Å²) in [5.74, 6) is 0. The third kappa shape index (κ3) is 4.07. The molecule has 0 unspecified atom stereocenters. The molecule has 23 heavy (non-hydrogen) atoms. The van der Waals surface area contributed by atoms with Crippen molar-refractivity contribution in [2.24, 2.45) is 0 Å². The van der Waals surface area contributed by atoms with E-state index in [4.69, 9.17) is 23.8 Å². The molecule has 0 radical (unpaired) electrons. The molecule has 0 amide bonds. The molecular formula is C14H13BrClN5S2. The van der Waals surface area contributed by atoms with Crippen molar-refractivity contribution in [2.75, 3.05) is 7.05 Å². The van der Waals surface area contributed by atoms with Crippen LogP contribution in [0.3, 0.4) is 0 Å². The number of rotatable bonds is 5. The Kier molecular flexibility index (Phi) is 5.27. The monoisotopic (exact) mass is 429 g/mol. The number of aromatic nitrogens is 4. The number of hydrogen-bond donors (Lipinski definition) is 0. The summed E-state index contributed by atoms with van der Waals surface area (Å²) in [6.45, 7) is 1.39. The number of halogens is 2. The SMILES string of the molecule is CN(Cc1csc(Br)c1)Cn1nnn(-c2ccc(Cl)cc2)c1=S. The zero-order valence-corrected chi connectivity index (χ0v) is 16.2. The molecule has 0 saturated carbocycles. The summed E-state index contributed by atoms with van der Waals surface area (Å²) in [6, 6.07) is 9.45. The molecule has 1 aromatic carbocycles. The summed E-state index contributed by atoms with van der Waals surface area (Å²) in [7, 11) is 2.02. The average Bonchev–Trinajstić information content (AvgIpc) is 3.07. The van der Waals surface area contributed by atoms with Crippen LogP contribution in [0.4, 0.5) is 0 Å². The molecular weight excluding hydrogens is 418 g/mol.